The molecule has 18 heavy (non-hydrogen) atoms. The first-order valence-corrected chi connectivity index (χ1v) is 6.51. The first-order chi connectivity index (χ1) is 8.79. The van der Waals surface area contributed by atoms with E-state index < -0.39 is 0 Å². The largest absolute Gasteiger partial charge is 0.497 e. The van der Waals surface area contributed by atoms with Gasteiger partial charge in [0.25, 0.3) is 0 Å². The quantitative estimate of drug-likeness (QED) is 0.856. The summed E-state index contributed by atoms with van der Waals surface area (Å²) in [5.74, 6) is 1.76. The van der Waals surface area contributed by atoms with Crippen molar-refractivity contribution in [1.29, 1.82) is 0 Å². The predicted octanol–water partition coefficient (Wildman–Crippen LogP) is 1.37. The van der Waals surface area contributed by atoms with E-state index in [4.69, 9.17) is 9.47 Å². The Balaban J connectivity index is 1.73. The van der Waals surface area contributed by atoms with Gasteiger partial charge in [0, 0.05) is 32.2 Å². The zero-order chi connectivity index (χ0) is 12.8. The van der Waals surface area contributed by atoms with Crippen molar-refractivity contribution in [3.8, 4) is 11.5 Å². The molecule has 4 heteroatoms. The Morgan fingerprint density at radius 2 is 2.00 bits per heavy atom. The van der Waals surface area contributed by atoms with Crippen LogP contribution in [-0.2, 0) is 0 Å². The third-order valence-corrected chi connectivity index (χ3v) is 3.35. The van der Waals surface area contributed by atoms with Gasteiger partial charge in [-0.2, -0.15) is 0 Å². The fourth-order valence-corrected chi connectivity index (χ4v) is 2.17. The van der Waals surface area contributed by atoms with Gasteiger partial charge < -0.3 is 14.8 Å². The zero-order valence-electron chi connectivity index (χ0n) is 11.2. The predicted molar refractivity (Wildman–Crippen MR) is 72.4 cm³/mol. The summed E-state index contributed by atoms with van der Waals surface area (Å²) in [4.78, 5) is 2.46. The number of methoxy groups -OCH3 is 1. The van der Waals surface area contributed by atoms with Gasteiger partial charge in [0.1, 0.15) is 18.1 Å². The van der Waals surface area contributed by atoms with Crippen LogP contribution < -0.4 is 14.8 Å². The van der Waals surface area contributed by atoms with E-state index in [1.807, 2.05) is 24.3 Å². The second kappa shape index (κ2) is 6.61. The number of hydrogen-bond acceptors (Lipinski definition) is 4. The monoisotopic (exact) mass is 250 g/mol. The minimum Gasteiger partial charge on any atom is -0.497 e. The second-order valence-electron chi connectivity index (χ2n) is 4.61. The Morgan fingerprint density at radius 1 is 1.28 bits per heavy atom. The molecule has 0 aromatic heterocycles. The molecular weight excluding hydrogens is 228 g/mol. The van der Waals surface area contributed by atoms with E-state index in [-0.39, 0.29) is 0 Å². The molecule has 1 saturated heterocycles. The Bertz CT molecular complexity index is 353. The molecule has 1 heterocycles. The molecule has 1 aliphatic rings. The maximum Gasteiger partial charge on any atom is 0.119 e. The number of nitrogens with zero attached hydrogens (tertiary/aromatic N) is 1. The standard InChI is InChI=1S/C14H22N2O2/c1-12-11-15-7-8-16(12)9-10-18-14-5-3-13(17-2)4-6-14/h3-6,12,15H,7-11H2,1-2H3/t12-/m1/s1. The van der Waals surface area contributed by atoms with Gasteiger partial charge in [-0.25, -0.2) is 0 Å². The summed E-state index contributed by atoms with van der Waals surface area (Å²) in [6.45, 7) is 7.22. The van der Waals surface area contributed by atoms with E-state index in [1.54, 1.807) is 7.11 Å². The molecule has 1 atom stereocenters. The molecule has 0 spiro atoms. The van der Waals surface area contributed by atoms with Crippen LogP contribution in [0.5, 0.6) is 11.5 Å². The van der Waals surface area contributed by atoms with Crippen LogP contribution >= 0.6 is 0 Å². The summed E-state index contributed by atoms with van der Waals surface area (Å²) in [6, 6.07) is 8.32. The number of rotatable bonds is 5. The maximum atomic E-state index is 5.74. The number of piperazine rings is 1. The van der Waals surface area contributed by atoms with Crippen LogP contribution in [0.4, 0.5) is 0 Å². The average Bonchev–Trinajstić information content (AvgIpc) is 2.42. The third kappa shape index (κ3) is 3.62. The molecule has 0 amide bonds. The molecular formula is C14H22N2O2. The highest BCUT2D eigenvalue weighted by atomic mass is 16.5. The number of benzene rings is 1. The van der Waals surface area contributed by atoms with E-state index in [9.17, 15) is 0 Å². The molecule has 2 rings (SSSR count). The van der Waals surface area contributed by atoms with Crippen LogP contribution in [0.15, 0.2) is 24.3 Å². The van der Waals surface area contributed by atoms with Crippen molar-refractivity contribution in [2.75, 3.05) is 39.9 Å². The van der Waals surface area contributed by atoms with E-state index >= 15 is 0 Å². The van der Waals surface area contributed by atoms with Crippen molar-refractivity contribution in [1.82, 2.24) is 10.2 Å². The molecule has 1 N–H and O–H groups in total. The summed E-state index contributed by atoms with van der Waals surface area (Å²) in [5, 5.41) is 3.39. The smallest absolute Gasteiger partial charge is 0.119 e. The van der Waals surface area contributed by atoms with Crippen molar-refractivity contribution in [3.63, 3.8) is 0 Å². The lowest BCUT2D eigenvalue weighted by Crippen LogP contribution is -2.50. The van der Waals surface area contributed by atoms with Crippen molar-refractivity contribution in [2.24, 2.45) is 0 Å². The minimum atomic E-state index is 0.596. The lowest BCUT2D eigenvalue weighted by atomic mass is 10.2. The Hall–Kier alpha value is -1.26. The van der Waals surface area contributed by atoms with Crippen LogP contribution in [0.25, 0.3) is 0 Å². The number of nitrogens with one attached hydrogen (secondary N) is 1. The van der Waals surface area contributed by atoms with Gasteiger partial charge in [0.2, 0.25) is 0 Å². The molecule has 4 nitrogen and oxygen atoms in total. The highest BCUT2D eigenvalue weighted by molar-refractivity contribution is 5.31. The molecule has 1 aromatic rings. The molecule has 0 bridgehead atoms. The van der Waals surface area contributed by atoms with Crippen molar-refractivity contribution in [3.05, 3.63) is 24.3 Å². The highest BCUT2D eigenvalue weighted by Gasteiger charge is 2.16. The van der Waals surface area contributed by atoms with Gasteiger partial charge in [0.05, 0.1) is 7.11 Å². The fraction of sp³-hybridized carbons (Fsp3) is 0.571. The summed E-state index contributed by atoms with van der Waals surface area (Å²) in [5.41, 5.74) is 0. The van der Waals surface area contributed by atoms with Crippen LogP contribution in [-0.4, -0.2) is 50.8 Å². The second-order valence-corrected chi connectivity index (χ2v) is 4.61. The minimum absolute atomic E-state index is 0.596. The lowest BCUT2D eigenvalue weighted by Gasteiger charge is -2.33. The van der Waals surface area contributed by atoms with Crippen molar-refractivity contribution >= 4 is 0 Å². The normalized spacial score (nSPS) is 20.7. The van der Waals surface area contributed by atoms with E-state index in [1.165, 1.54) is 0 Å². The van der Waals surface area contributed by atoms with Crippen molar-refractivity contribution in [2.45, 2.75) is 13.0 Å². The zero-order valence-corrected chi connectivity index (χ0v) is 11.2. The van der Waals surface area contributed by atoms with E-state index in [0.29, 0.717) is 6.04 Å². The first-order valence-electron chi connectivity index (χ1n) is 6.51. The Labute approximate surface area is 109 Å². The first kappa shape index (κ1) is 13.2. The fourth-order valence-electron chi connectivity index (χ4n) is 2.17. The van der Waals surface area contributed by atoms with Gasteiger partial charge in [-0.15, -0.1) is 0 Å². The maximum absolute atomic E-state index is 5.74. The van der Waals surface area contributed by atoms with Gasteiger partial charge in [-0.05, 0) is 31.2 Å². The highest BCUT2D eigenvalue weighted by Crippen LogP contribution is 2.17. The average molecular weight is 250 g/mol. The van der Waals surface area contributed by atoms with Crippen LogP contribution in [0.3, 0.4) is 0 Å². The summed E-state index contributed by atoms with van der Waals surface area (Å²) < 4.78 is 10.9. The summed E-state index contributed by atoms with van der Waals surface area (Å²) in [6.07, 6.45) is 0. The molecule has 100 valence electrons. The van der Waals surface area contributed by atoms with Crippen molar-refractivity contribution < 1.29 is 9.47 Å². The van der Waals surface area contributed by atoms with E-state index in [2.05, 4.69) is 17.1 Å². The molecule has 0 aliphatic carbocycles. The Morgan fingerprint density at radius 3 is 2.67 bits per heavy atom. The third-order valence-electron chi connectivity index (χ3n) is 3.35. The van der Waals surface area contributed by atoms with Crippen LogP contribution in [0.2, 0.25) is 0 Å². The van der Waals surface area contributed by atoms with Gasteiger partial charge in [0.15, 0.2) is 0 Å². The molecule has 1 aromatic carbocycles. The SMILES string of the molecule is COc1ccc(OCCN2CCNC[C@H]2C)cc1. The molecule has 0 radical (unpaired) electrons. The lowest BCUT2D eigenvalue weighted by molar-refractivity contribution is 0.143. The summed E-state index contributed by atoms with van der Waals surface area (Å²) >= 11 is 0. The van der Waals surface area contributed by atoms with Crippen LogP contribution in [0, 0.1) is 0 Å². The number of ether oxygens (including phenoxy) is 2. The molecule has 0 unspecified atom stereocenters. The number of hydrogen-bond donors (Lipinski definition) is 1. The molecule has 1 aliphatic heterocycles. The van der Waals surface area contributed by atoms with Gasteiger partial charge >= 0.3 is 0 Å². The van der Waals surface area contributed by atoms with Crippen LogP contribution in [0.1, 0.15) is 6.92 Å². The molecule has 0 saturated carbocycles. The van der Waals surface area contributed by atoms with Gasteiger partial charge in [-0.1, -0.05) is 0 Å². The van der Waals surface area contributed by atoms with E-state index in [0.717, 1.165) is 44.3 Å². The molecule has 1 fully saturated rings. The van der Waals surface area contributed by atoms with Gasteiger partial charge in [-0.3, -0.25) is 4.90 Å². The summed E-state index contributed by atoms with van der Waals surface area (Å²) in [7, 11) is 1.67. The topological polar surface area (TPSA) is 33.7 Å². The Kier molecular flexibility index (Phi) is 4.84.